The molecule has 0 aliphatic rings. The molecule has 0 aliphatic carbocycles. The van der Waals surface area contributed by atoms with Crippen LogP contribution in [0.5, 0.6) is 0 Å². The van der Waals surface area contributed by atoms with E-state index in [4.69, 9.17) is 0 Å². The summed E-state index contributed by atoms with van der Waals surface area (Å²) in [4.78, 5) is 14.9. The van der Waals surface area contributed by atoms with Crippen LogP contribution >= 0.6 is 0 Å². The molecule has 0 N–H and O–H groups in total. The Morgan fingerprint density at radius 3 is 3.08 bits per heavy atom. The molecule has 0 bridgehead atoms. The molecule has 0 atom stereocenters. The molecule has 4 nitrogen and oxygen atoms in total. The SMILES string of the molecule is CC(=O)Cn1cc2ncccc2n1. The molecule has 2 rings (SSSR count). The van der Waals surface area contributed by atoms with E-state index >= 15 is 0 Å². The zero-order chi connectivity index (χ0) is 9.26. The van der Waals surface area contributed by atoms with Crippen LogP contribution in [0.2, 0.25) is 0 Å². The fourth-order valence-electron chi connectivity index (χ4n) is 1.21. The molecular formula is C9H9N3O. The topological polar surface area (TPSA) is 47.8 Å². The summed E-state index contributed by atoms with van der Waals surface area (Å²) in [6.45, 7) is 1.86. The lowest BCUT2D eigenvalue weighted by atomic mass is 10.4. The van der Waals surface area contributed by atoms with Gasteiger partial charge in [-0.05, 0) is 19.1 Å². The van der Waals surface area contributed by atoms with E-state index in [9.17, 15) is 4.79 Å². The average molecular weight is 175 g/mol. The highest BCUT2D eigenvalue weighted by atomic mass is 16.1. The highest BCUT2D eigenvalue weighted by Crippen LogP contribution is 2.06. The Kier molecular flexibility index (Phi) is 1.81. The van der Waals surface area contributed by atoms with Crippen molar-refractivity contribution in [1.29, 1.82) is 0 Å². The molecule has 0 aromatic carbocycles. The summed E-state index contributed by atoms with van der Waals surface area (Å²) >= 11 is 0. The first-order valence-corrected chi connectivity index (χ1v) is 4.03. The highest BCUT2D eigenvalue weighted by Gasteiger charge is 2.01. The minimum absolute atomic E-state index is 0.0906. The van der Waals surface area contributed by atoms with Gasteiger partial charge in [-0.1, -0.05) is 0 Å². The maximum atomic E-state index is 10.8. The second kappa shape index (κ2) is 2.97. The summed E-state index contributed by atoms with van der Waals surface area (Å²) in [6.07, 6.45) is 3.48. The summed E-state index contributed by atoms with van der Waals surface area (Å²) < 4.78 is 1.61. The maximum Gasteiger partial charge on any atom is 0.151 e. The van der Waals surface area contributed by atoms with Gasteiger partial charge in [-0.3, -0.25) is 14.5 Å². The van der Waals surface area contributed by atoms with Gasteiger partial charge < -0.3 is 0 Å². The van der Waals surface area contributed by atoms with E-state index in [-0.39, 0.29) is 5.78 Å². The second-order valence-electron chi connectivity index (χ2n) is 2.94. The number of ketones is 1. The predicted octanol–water partition coefficient (Wildman–Crippen LogP) is 1.02. The Bertz CT molecular complexity index is 414. The van der Waals surface area contributed by atoms with Crippen molar-refractivity contribution >= 4 is 16.8 Å². The third-order valence-electron chi connectivity index (χ3n) is 1.71. The van der Waals surface area contributed by atoms with Crippen LogP contribution in [-0.2, 0) is 11.3 Å². The van der Waals surface area contributed by atoms with Crippen LogP contribution in [0.3, 0.4) is 0 Å². The van der Waals surface area contributed by atoms with E-state index in [0.29, 0.717) is 6.54 Å². The Labute approximate surface area is 75.2 Å². The van der Waals surface area contributed by atoms with Crippen molar-refractivity contribution in [3.63, 3.8) is 0 Å². The number of Topliss-reactive ketones (excluding diaryl/α,β-unsaturated/α-hetero) is 1. The summed E-state index contributed by atoms with van der Waals surface area (Å²) in [5, 5.41) is 4.19. The van der Waals surface area contributed by atoms with Crippen molar-refractivity contribution in [3.05, 3.63) is 24.5 Å². The zero-order valence-corrected chi connectivity index (χ0v) is 7.27. The van der Waals surface area contributed by atoms with Crippen molar-refractivity contribution in [3.8, 4) is 0 Å². The first kappa shape index (κ1) is 7.91. The number of aromatic nitrogens is 3. The van der Waals surface area contributed by atoms with Gasteiger partial charge in [-0.2, -0.15) is 5.10 Å². The number of carbonyl (C=O) groups is 1. The largest absolute Gasteiger partial charge is 0.298 e. The molecule has 0 radical (unpaired) electrons. The Hall–Kier alpha value is -1.71. The first-order valence-electron chi connectivity index (χ1n) is 4.03. The fourth-order valence-corrected chi connectivity index (χ4v) is 1.21. The normalized spacial score (nSPS) is 10.5. The molecule has 2 aromatic rings. The minimum atomic E-state index is 0.0906. The molecule has 2 heterocycles. The predicted molar refractivity (Wildman–Crippen MR) is 48.2 cm³/mol. The van der Waals surface area contributed by atoms with Crippen LogP contribution in [0.25, 0.3) is 11.0 Å². The number of hydrogen-bond acceptors (Lipinski definition) is 3. The summed E-state index contributed by atoms with van der Waals surface area (Å²) in [6, 6.07) is 3.70. The van der Waals surface area contributed by atoms with Crippen LogP contribution in [0.4, 0.5) is 0 Å². The molecule has 4 heteroatoms. The summed E-state index contributed by atoms with van der Waals surface area (Å²) in [5.74, 6) is 0.0906. The minimum Gasteiger partial charge on any atom is -0.298 e. The van der Waals surface area contributed by atoms with Crippen molar-refractivity contribution in [2.24, 2.45) is 0 Å². The number of pyridine rings is 1. The lowest BCUT2D eigenvalue weighted by Crippen LogP contribution is -2.05. The summed E-state index contributed by atoms with van der Waals surface area (Å²) in [7, 11) is 0. The summed E-state index contributed by atoms with van der Waals surface area (Å²) in [5.41, 5.74) is 1.65. The maximum absolute atomic E-state index is 10.8. The van der Waals surface area contributed by atoms with Crippen molar-refractivity contribution < 1.29 is 4.79 Å². The van der Waals surface area contributed by atoms with Crippen LogP contribution < -0.4 is 0 Å². The third-order valence-corrected chi connectivity index (χ3v) is 1.71. The zero-order valence-electron chi connectivity index (χ0n) is 7.27. The number of fused-ring (bicyclic) bond motifs is 1. The molecule has 0 fully saturated rings. The monoisotopic (exact) mass is 175 g/mol. The quantitative estimate of drug-likeness (QED) is 0.684. The number of hydrogen-bond donors (Lipinski definition) is 0. The van der Waals surface area contributed by atoms with Crippen LogP contribution in [0.1, 0.15) is 6.92 Å². The smallest absolute Gasteiger partial charge is 0.151 e. The molecule has 66 valence electrons. The number of carbonyl (C=O) groups excluding carboxylic acids is 1. The molecule has 13 heavy (non-hydrogen) atoms. The van der Waals surface area contributed by atoms with E-state index in [1.807, 2.05) is 12.1 Å². The van der Waals surface area contributed by atoms with E-state index in [1.54, 1.807) is 24.0 Å². The van der Waals surface area contributed by atoms with Gasteiger partial charge in [0.2, 0.25) is 0 Å². The van der Waals surface area contributed by atoms with Gasteiger partial charge in [0.1, 0.15) is 11.0 Å². The number of rotatable bonds is 2. The third kappa shape index (κ3) is 1.56. The number of nitrogens with zero attached hydrogens (tertiary/aromatic N) is 3. The van der Waals surface area contributed by atoms with Gasteiger partial charge in [-0.25, -0.2) is 0 Å². The van der Waals surface area contributed by atoms with Gasteiger partial charge in [0.25, 0.3) is 0 Å². The second-order valence-corrected chi connectivity index (χ2v) is 2.94. The van der Waals surface area contributed by atoms with Crippen LogP contribution in [0, 0.1) is 0 Å². The molecule has 0 amide bonds. The van der Waals surface area contributed by atoms with Gasteiger partial charge >= 0.3 is 0 Å². The fraction of sp³-hybridized carbons (Fsp3) is 0.222. The van der Waals surface area contributed by atoms with Gasteiger partial charge in [0.15, 0.2) is 5.78 Å². The highest BCUT2D eigenvalue weighted by molar-refractivity contribution is 5.77. The molecule has 0 spiro atoms. The van der Waals surface area contributed by atoms with Crippen molar-refractivity contribution in [2.75, 3.05) is 0 Å². The van der Waals surface area contributed by atoms with Crippen LogP contribution in [0.15, 0.2) is 24.5 Å². The lowest BCUT2D eigenvalue weighted by Gasteiger charge is -1.92. The van der Waals surface area contributed by atoms with Gasteiger partial charge in [0.05, 0.1) is 12.7 Å². The average Bonchev–Trinajstić information content (AvgIpc) is 2.44. The Morgan fingerprint density at radius 2 is 2.38 bits per heavy atom. The molecule has 0 saturated carbocycles. The Balaban J connectivity index is 2.44. The van der Waals surface area contributed by atoms with Crippen molar-refractivity contribution in [2.45, 2.75) is 13.5 Å². The van der Waals surface area contributed by atoms with Crippen molar-refractivity contribution in [1.82, 2.24) is 14.8 Å². The lowest BCUT2D eigenvalue weighted by molar-refractivity contribution is -0.117. The standard InChI is InChI=1S/C9H9N3O/c1-7(13)5-12-6-9-8(11-12)3-2-4-10-9/h2-4,6H,5H2,1H3. The van der Waals surface area contributed by atoms with Crippen LogP contribution in [-0.4, -0.2) is 20.5 Å². The van der Waals surface area contributed by atoms with E-state index in [0.717, 1.165) is 11.0 Å². The first-order chi connectivity index (χ1) is 6.25. The molecule has 0 saturated heterocycles. The van der Waals surface area contributed by atoms with E-state index in [2.05, 4.69) is 10.1 Å². The Morgan fingerprint density at radius 1 is 1.54 bits per heavy atom. The molecule has 2 aromatic heterocycles. The van der Waals surface area contributed by atoms with E-state index in [1.165, 1.54) is 0 Å². The molecule has 0 unspecified atom stereocenters. The van der Waals surface area contributed by atoms with E-state index < -0.39 is 0 Å². The van der Waals surface area contributed by atoms with Gasteiger partial charge in [-0.15, -0.1) is 0 Å². The molecule has 0 aliphatic heterocycles. The molecular weight excluding hydrogens is 166 g/mol. The van der Waals surface area contributed by atoms with Gasteiger partial charge in [0, 0.05) is 6.20 Å².